The highest BCUT2D eigenvalue weighted by atomic mass is 35.5. The molecule has 0 aliphatic rings. The lowest BCUT2D eigenvalue weighted by Gasteiger charge is -2.12. The summed E-state index contributed by atoms with van der Waals surface area (Å²) in [5, 5.41) is 7.38. The number of hydrogen-bond donors (Lipinski definition) is 1. The Morgan fingerprint density at radius 2 is 2.14 bits per heavy atom. The zero-order chi connectivity index (χ0) is 20.6. The summed E-state index contributed by atoms with van der Waals surface area (Å²) in [6.45, 7) is 2.55. The van der Waals surface area contributed by atoms with Gasteiger partial charge in [0.05, 0.1) is 30.1 Å². The predicted molar refractivity (Wildman–Crippen MR) is 113 cm³/mol. The van der Waals surface area contributed by atoms with Crippen molar-refractivity contribution in [3.8, 4) is 17.2 Å². The van der Waals surface area contributed by atoms with Crippen LogP contribution in [0.3, 0.4) is 0 Å². The summed E-state index contributed by atoms with van der Waals surface area (Å²) in [6.07, 6.45) is 6.94. The van der Waals surface area contributed by atoms with Crippen molar-refractivity contribution in [1.29, 1.82) is 0 Å². The van der Waals surface area contributed by atoms with Crippen molar-refractivity contribution in [3.05, 3.63) is 65.7 Å². The minimum Gasteiger partial charge on any atom is -0.493 e. The maximum absolute atomic E-state index is 12.4. The highest BCUT2D eigenvalue weighted by Gasteiger charge is 2.11. The molecule has 0 saturated carbocycles. The van der Waals surface area contributed by atoms with Gasteiger partial charge in [-0.05, 0) is 42.3 Å². The fourth-order valence-corrected chi connectivity index (χ4v) is 2.91. The number of halogens is 1. The van der Waals surface area contributed by atoms with Gasteiger partial charge in [-0.1, -0.05) is 30.7 Å². The summed E-state index contributed by atoms with van der Waals surface area (Å²) >= 11 is 6.32. The average molecular weight is 413 g/mol. The lowest BCUT2D eigenvalue weighted by atomic mass is 10.2. The molecule has 0 fully saturated rings. The summed E-state index contributed by atoms with van der Waals surface area (Å²) in [4.78, 5) is 16.4. The molecule has 0 bridgehead atoms. The Kier molecular flexibility index (Phi) is 6.86. The molecule has 0 aliphatic heterocycles. The summed E-state index contributed by atoms with van der Waals surface area (Å²) in [5.74, 6) is 0.723. The van der Waals surface area contributed by atoms with Crippen molar-refractivity contribution in [2.24, 2.45) is 0 Å². The molecule has 1 aromatic heterocycles. The summed E-state index contributed by atoms with van der Waals surface area (Å²) in [7, 11) is 1.55. The number of carbonyl (C=O) groups excluding carboxylic acids is 1. The van der Waals surface area contributed by atoms with Crippen LogP contribution in [0.15, 0.2) is 55.1 Å². The molecule has 2 aromatic carbocycles. The van der Waals surface area contributed by atoms with Crippen LogP contribution < -0.4 is 14.8 Å². The molecule has 0 spiro atoms. The van der Waals surface area contributed by atoms with Crippen LogP contribution in [0.4, 0.5) is 5.69 Å². The molecule has 1 heterocycles. The summed E-state index contributed by atoms with van der Waals surface area (Å²) < 4.78 is 12.6. The Morgan fingerprint density at radius 3 is 2.86 bits per heavy atom. The van der Waals surface area contributed by atoms with Crippen molar-refractivity contribution >= 4 is 29.3 Å². The van der Waals surface area contributed by atoms with E-state index in [9.17, 15) is 4.79 Å². The first-order chi connectivity index (χ1) is 14.1. The molecule has 0 saturated heterocycles. The number of nitrogens with zero attached hydrogens (tertiary/aromatic N) is 3. The maximum atomic E-state index is 12.4. The highest BCUT2D eigenvalue weighted by Crippen LogP contribution is 2.36. The highest BCUT2D eigenvalue weighted by molar-refractivity contribution is 6.32. The zero-order valence-electron chi connectivity index (χ0n) is 16.1. The van der Waals surface area contributed by atoms with Gasteiger partial charge >= 0.3 is 0 Å². The van der Waals surface area contributed by atoms with Gasteiger partial charge in [-0.15, -0.1) is 0 Å². The molecule has 8 heteroatoms. The van der Waals surface area contributed by atoms with E-state index in [1.165, 1.54) is 12.4 Å². The van der Waals surface area contributed by atoms with Crippen LogP contribution in [0.5, 0.6) is 11.5 Å². The van der Waals surface area contributed by atoms with Gasteiger partial charge in [0.2, 0.25) is 5.91 Å². The third-order valence-corrected chi connectivity index (χ3v) is 4.24. The number of nitrogens with one attached hydrogen (secondary N) is 1. The van der Waals surface area contributed by atoms with E-state index < -0.39 is 0 Å². The van der Waals surface area contributed by atoms with Gasteiger partial charge in [0.25, 0.3) is 0 Å². The molecule has 3 aromatic rings. The number of hydrogen-bond acceptors (Lipinski definition) is 5. The van der Waals surface area contributed by atoms with E-state index >= 15 is 0 Å². The number of anilines is 1. The minimum absolute atomic E-state index is 0.293. The minimum atomic E-state index is -0.293. The second kappa shape index (κ2) is 9.75. The monoisotopic (exact) mass is 412 g/mol. The smallest absolute Gasteiger partial charge is 0.248 e. The molecule has 0 atom stereocenters. The number of para-hydroxylation sites is 2. The Bertz CT molecular complexity index is 1000. The van der Waals surface area contributed by atoms with Crippen molar-refractivity contribution < 1.29 is 14.3 Å². The van der Waals surface area contributed by atoms with Crippen LogP contribution in [0.1, 0.15) is 18.9 Å². The topological polar surface area (TPSA) is 78.3 Å². The van der Waals surface area contributed by atoms with E-state index in [0.717, 1.165) is 12.0 Å². The van der Waals surface area contributed by atoms with E-state index in [0.29, 0.717) is 34.5 Å². The summed E-state index contributed by atoms with van der Waals surface area (Å²) in [6, 6.07) is 10.8. The number of rotatable bonds is 8. The van der Waals surface area contributed by atoms with E-state index in [1.54, 1.807) is 42.4 Å². The van der Waals surface area contributed by atoms with Gasteiger partial charge in [0.1, 0.15) is 12.7 Å². The normalized spacial score (nSPS) is 10.9. The SMILES string of the molecule is CCCOc1c(Cl)cc(C=CC(=O)Nc2ccccc2-n2cncn2)cc1OC. The first-order valence-electron chi connectivity index (χ1n) is 9.05. The van der Waals surface area contributed by atoms with E-state index in [2.05, 4.69) is 15.4 Å². The van der Waals surface area contributed by atoms with Gasteiger partial charge in [0.15, 0.2) is 11.5 Å². The van der Waals surface area contributed by atoms with Gasteiger partial charge in [-0.3, -0.25) is 4.79 Å². The number of ether oxygens (including phenoxy) is 2. The number of benzene rings is 2. The fraction of sp³-hybridized carbons (Fsp3) is 0.190. The molecular weight excluding hydrogens is 392 g/mol. The molecule has 0 radical (unpaired) electrons. The predicted octanol–water partition coefficient (Wildman–Crippen LogP) is 4.37. The molecule has 150 valence electrons. The van der Waals surface area contributed by atoms with Crippen LogP contribution in [0, 0.1) is 0 Å². The first-order valence-corrected chi connectivity index (χ1v) is 9.43. The average Bonchev–Trinajstić information content (AvgIpc) is 3.26. The van der Waals surface area contributed by atoms with Crippen molar-refractivity contribution in [3.63, 3.8) is 0 Å². The molecular formula is C21H21ClN4O3. The lowest BCUT2D eigenvalue weighted by molar-refractivity contribution is -0.111. The number of methoxy groups -OCH3 is 1. The molecule has 0 aliphatic carbocycles. The zero-order valence-corrected chi connectivity index (χ0v) is 16.9. The quantitative estimate of drug-likeness (QED) is 0.556. The van der Waals surface area contributed by atoms with Crippen molar-refractivity contribution in [1.82, 2.24) is 14.8 Å². The third kappa shape index (κ3) is 5.14. The molecule has 3 rings (SSSR count). The second-order valence-electron chi connectivity index (χ2n) is 6.06. The first kappa shape index (κ1) is 20.4. The van der Waals surface area contributed by atoms with Gasteiger partial charge in [-0.25, -0.2) is 9.67 Å². The van der Waals surface area contributed by atoms with Crippen LogP contribution in [0.25, 0.3) is 11.8 Å². The number of amides is 1. The lowest BCUT2D eigenvalue weighted by Crippen LogP contribution is -2.10. The van der Waals surface area contributed by atoms with Crippen LogP contribution in [-0.4, -0.2) is 34.4 Å². The van der Waals surface area contributed by atoms with Crippen LogP contribution in [0.2, 0.25) is 5.02 Å². The molecule has 29 heavy (non-hydrogen) atoms. The number of aromatic nitrogens is 3. The Hall–Kier alpha value is -3.32. The molecule has 1 amide bonds. The van der Waals surface area contributed by atoms with Crippen LogP contribution in [-0.2, 0) is 4.79 Å². The van der Waals surface area contributed by atoms with Crippen molar-refractivity contribution in [2.45, 2.75) is 13.3 Å². The van der Waals surface area contributed by atoms with Gasteiger partial charge in [-0.2, -0.15) is 5.10 Å². The molecule has 0 unspecified atom stereocenters. The standard InChI is InChI=1S/C21H21ClN4O3/c1-3-10-29-21-16(22)11-15(12-19(21)28-2)8-9-20(27)25-17-6-4-5-7-18(17)26-14-23-13-24-26/h4-9,11-14H,3,10H2,1-2H3,(H,25,27). The van der Waals surface area contributed by atoms with E-state index in [-0.39, 0.29) is 5.91 Å². The Labute approximate surface area is 173 Å². The maximum Gasteiger partial charge on any atom is 0.248 e. The van der Waals surface area contributed by atoms with Crippen molar-refractivity contribution in [2.75, 3.05) is 19.0 Å². The fourth-order valence-electron chi connectivity index (χ4n) is 2.64. The molecule has 1 N–H and O–H groups in total. The summed E-state index contributed by atoms with van der Waals surface area (Å²) in [5.41, 5.74) is 2.05. The Morgan fingerprint density at radius 1 is 1.31 bits per heavy atom. The van der Waals surface area contributed by atoms with Crippen LogP contribution >= 0.6 is 11.6 Å². The van der Waals surface area contributed by atoms with E-state index in [1.807, 2.05) is 25.1 Å². The largest absolute Gasteiger partial charge is 0.493 e. The second-order valence-corrected chi connectivity index (χ2v) is 6.47. The van der Waals surface area contributed by atoms with Gasteiger partial charge in [0, 0.05) is 6.08 Å². The number of carbonyl (C=O) groups is 1. The molecule has 7 nitrogen and oxygen atoms in total. The third-order valence-electron chi connectivity index (χ3n) is 3.96. The van der Waals surface area contributed by atoms with E-state index in [4.69, 9.17) is 21.1 Å². The van der Waals surface area contributed by atoms with Gasteiger partial charge < -0.3 is 14.8 Å². The Balaban J connectivity index is 1.76.